The maximum Gasteiger partial charge on any atom is 0.307 e. The van der Waals surface area contributed by atoms with Crippen LogP contribution in [0.1, 0.15) is 16.1 Å². The molecule has 0 saturated carbocycles. The fraction of sp³-hybridized carbons (Fsp3) is 0. The minimum Gasteiger partial charge on any atom is -0.451 e. The van der Waals surface area contributed by atoms with Gasteiger partial charge in [-0.25, -0.2) is 10.4 Å². The van der Waals surface area contributed by atoms with Crippen LogP contribution in [-0.4, -0.2) is 17.1 Å². The molecule has 0 fully saturated rings. The molecule has 1 amide bonds. The van der Waals surface area contributed by atoms with E-state index in [1.54, 1.807) is 12.1 Å². The summed E-state index contributed by atoms with van der Waals surface area (Å²) in [6.07, 6.45) is 1.46. The average molecular weight is 429 g/mol. The SMILES string of the molecule is O=C(N/N=C\c1cc2ccccc2nc1Cl)c1cc2cc(Br)ccc2o1. The highest BCUT2D eigenvalue weighted by atomic mass is 79.9. The molecule has 2 aromatic heterocycles. The van der Waals surface area contributed by atoms with Crippen molar-refractivity contribution in [2.45, 2.75) is 0 Å². The van der Waals surface area contributed by atoms with E-state index < -0.39 is 5.91 Å². The lowest BCUT2D eigenvalue weighted by Gasteiger charge is -2.01. The molecule has 0 aliphatic rings. The summed E-state index contributed by atoms with van der Waals surface area (Å²) in [6, 6.07) is 16.7. The standard InChI is InChI=1S/C19H11BrClN3O2/c20-14-5-6-16-12(8-14)9-17(26-16)19(25)24-22-10-13-7-11-3-1-2-4-15(11)23-18(13)21/h1-10H,(H,24,25)/b22-10-. The van der Waals surface area contributed by atoms with Crippen LogP contribution >= 0.6 is 27.5 Å². The summed E-state index contributed by atoms with van der Waals surface area (Å²) < 4.78 is 6.44. The van der Waals surface area contributed by atoms with Crippen molar-refractivity contribution in [1.29, 1.82) is 0 Å². The van der Waals surface area contributed by atoms with Crippen molar-refractivity contribution in [1.82, 2.24) is 10.4 Å². The van der Waals surface area contributed by atoms with E-state index >= 15 is 0 Å². The Morgan fingerprint density at radius 2 is 2.00 bits per heavy atom. The molecule has 0 unspecified atom stereocenters. The fourth-order valence-electron chi connectivity index (χ4n) is 2.54. The molecule has 0 saturated heterocycles. The van der Waals surface area contributed by atoms with E-state index in [-0.39, 0.29) is 5.76 Å². The third kappa shape index (κ3) is 3.34. The number of hydrazone groups is 1. The number of benzene rings is 2. The molecule has 0 spiro atoms. The second-order valence-electron chi connectivity index (χ2n) is 5.55. The van der Waals surface area contributed by atoms with Crippen molar-refractivity contribution in [3.63, 3.8) is 0 Å². The topological polar surface area (TPSA) is 67.5 Å². The first-order valence-corrected chi connectivity index (χ1v) is 8.85. The number of amides is 1. The predicted octanol–water partition coefficient (Wildman–Crippen LogP) is 5.16. The van der Waals surface area contributed by atoms with E-state index in [1.165, 1.54) is 6.21 Å². The summed E-state index contributed by atoms with van der Waals surface area (Å²) in [5, 5.41) is 6.04. The van der Waals surface area contributed by atoms with E-state index in [0.29, 0.717) is 16.3 Å². The van der Waals surface area contributed by atoms with Crippen LogP contribution < -0.4 is 5.43 Å². The van der Waals surface area contributed by atoms with Crippen molar-refractivity contribution in [2.24, 2.45) is 5.10 Å². The maximum atomic E-state index is 12.2. The van der Waals surface area contributed by atoms with Crippen LogP contribution in [0.4, 0.5) is 0 Å². The number of fused-ring (bicyclic) bond motifs is 2. The Morgan fingerprint density at radius 3 is 2.88 bits per heavy atom. The zero-order chi connectivity index (χ0) is 18.1. The summed E-state index contributed by atoms with van der Waals surface area (Å²) in [5.41, 5.74) is 4.47. The zero-order valence-electron chi connectivity index (χ0n) is 13.2. The van der Waals surface area contributed by atoms with Gasteiger partial charge in [-0.1, -0.05) is 45.7 Å². The van der Waals surface area contributed by atoms with E-state index in [2.05, 4.69) is 31.4 Å². The molecule has 2 aromatic carbocycles. The number of pyridine rings is 1. The number of hydrogen-bond acceptors (Lipinski definition) is 4. The van der Waals surface area contributed by atoms with Gasteiger partial charge < -0.3 is 4.42 Å². The van der Waals surface area contributed by atoms with Crippen LogP contribution in [0.25, 0.3) is 21.9 Å². The van der Waals surface area contributed by atoms with Gasteiger partial charge in [-0.05, 0) is 36.4 Å². The zero-order valence-corrected chi connectivity index (χ0v) is 15.6. The molecule has 7 heteroatoms. The highest BCUT2D eigenvalue weighted by molar-refractivity contribution is 9.10. The average Bonchev–Trinajstić information content (AvgIpc) is 3.05. The Morgan fingerprint density at radius 1 is 1.15 bits per heavy atom. The van der Waals surface area contributed by atoms with E-state index in [9.17, 15) is 4.79 Å². The lowest BCUT2D eigenvalue weighted by Crippen LogP contribution is -2.16. The number of aromatic nitrogens is 1. The first-order chi connectivity index (χ1) is 12.6. The molecule has 5 nitrogen and oxygen atoms in total. The number of rotatable bonds is 3. The van der Waals surface area contributed by atoms with Gasteiger partial charge in [0.25, 0.3) is 0 Å². The molecule has 26 heavy (non-hydrogen) atoms. The van der Waals surface area contributed by atoms with Crippen molar-refractivity contribution in [2.75, 3.05) is 0 Å². The third-order valence-corrected chi connectivity index (χ3v) is 4.57. The Hall–Kier alpha value is -2.70. The number of hydrogen-bond donors (Lipinski definition) is 1. The van der Waals surface area contributed by atoms with Gasteiger partial charge in [0.15, 0.2) is 5.76 Å². The van der Waals surface area contributed by atoms with E-state index in [1.807, 2.05) is 42.5 Å². The Bertz CT molecular complexity index is 1170. The predicted molar refractivity (Wildman–Crippen MR) is 106 cm³/mol. The summed E-state index contributed by atoms with van der Waals surface area (Å²) in [4.78, 5) is 16.5. The Kier molecular flexibility index (Phi) is 4.44. The van der Waals surface area contributed by atoms with Gasteiger partial charge >= 0.3 is 5.91 Å². The molecule has 128 valence electrons. The number of nitrogens with zero attached hydrogens (tertiary/aromatic N) is 2. The second kappa shape index (κ2) is 6.90. The van der Waals surface area contributed by atoms with Gasteiger partial charge in [0, 0.05) is 20.8 Å². The van der Waals surface area contributed by atoms with Crippen molar-refractivity contribution in [3.05, 3.63) is 75.5 Å². The Labute approximate surface area is 161 Å². The smallest absolute Gasteiger partial charge is 0.307 e. The molecular formula is C19H11BrClN3O2. The summed E-state index contributed by atoms with van der Waals surface area (Å²) in [5.74, 6) is -0.267. The summed E-state index contributed by atoms with van der Waals surface area (Å²) in [7, 11) is 0. The molecule has 0 bridgehead atoms. The van der Waals surface area contributed by atoms with Gasteiger partial charge in [-0.2, -0.15) is 5.10 Å². The molecule has 1 N–H and O–H groups in total. The van der Waals surface area contributed by atoms with Gasteiger partial charge in [-0.3, -0.25) is 4.79 Å². The summed E-state index contributed by atoms with van der Waals surface area (Å²) in [6.45, 7) is 0. The van der Waals surface area contributed by atoms with Crippen LogP contribution in [0.3, 0.4) is 0 Å². The lowest BCUT2D eigenvalue weighted by molar-refractivity contribution is 0.0929. The molecular weight excluding hydrogens is 418 g/mol. The molecule has 4 rings (SSSR count). The molecule has 0 atom stereocenters. The number of carbonyl (C=O) groups excluding carboxylic acids is 1. The van der Waals surface area contributed by atoms with Crippen LogP contribution in [0.2, 0.25) is 5.15 Å². The number of furan rings is 1. The van der Waals surface area contributed by atoms with Crippen molar-refractivity contribution >= 4 is 61.5 Å². The molecule has 4 aromatic rings. The molecule has 0 radical (unpaired) electrons. The van der Waals surface area contributed by atoms with Gasteiger partial charge in [0.1, 0.15) is 10.7 Å². The third-order valence-electron chi connectivity index (χ3n) is 3.78. The lowest BCUT2D eigenvalue weighted by atomic mass is 10.2. The number of nitrogens with one attached hydrogen (secondary N) is 1. The van der Waals surface area contributed by atoms with E-state index in [0.717, 1.165) is 20.8 Å². The van der Waals surface area contributed by atoms with Gasteiger partial charge in [0.05, 0.1) is 11.7 Å². The maximum absolute atomic E-state index is 12.2. The second-order valence-corrected chi connectivity index (χ2v) is 6.83. The normalized spacial score (nSPS) is 11.5. The van der Waals surface area contributed by atoms with Crippen LogP contribution in [0.5, 0.6) is 0 Å². The number of carbonyl (C=O) groups is 1. The highest BCUT2D eigenvalue weighted by Gasteiger charge is 2.12. The first-order valence-electron chi connectivity index (χ1n) is 7.68. The van der Waals surface area contributed by atoms with Gasteiger partial charge in [0.2, 0.25) is 0 Å². The van der Waals surface area contributed by atoms with Crippen molar-refractivity contribution < 1.29 is 9.21 Å². The largest absolute Gasteiger partial charge is 0.451 e. The van der Waals surface area contributed by atoms with Crippen LogP contribution in [0.15, 0.2) is 68.6 Å². The minimum absolute atomic E-state index is 0.179. The van der Waals surface area contributed by atoms with Crippen LogP contribution in [-0.2, 0) is 0 Å². The van der Waals surface area contributed by atoms with Gasteiger partial charge in [-0.15, -0.1) is 0 Å². The monoisotopic (exact) mass is 427 g/mol. The quantitative estimate of drug-likeness (QED) is 0.278. The number of para-hydroxylation sites is 1. The molecule has 0 aliphatic carbocycles. The first kappa shape index (κ1) is 16.8. The fourth-order valence-corrected chi connectivity index (χ4v) is 3.11. The minimum atomic E-state index is -0.446. The Balaban J connectivity index is 1.54. The molecule has 2 heterocycles. The van der Waals surface area contributed by atoms with Crippen molar-refractivity contribution in [3.8, 4) is 0 Å². The van der Waals surface area contributed by atoms with E-state index in [4.69, 9.17) is 16.0 Å². The summed E-state index contributed by atoms with van der Waals surface area (Å²) >= 11 is 9.55. The highest BCUT2D eigenvalue weighted by Crippen LogP contribution is 2.23. The van der Waals surface area contributed by atoms with Crippen LogP contribution in [0, 0.1) is 0 Å². The molecule has 0 aliphatic heterocycles. The number of halogens is 2.